The molecule has 1 aromatic rings. The van der Waals surface area contributed by atoms with Crippen molar-refractivity contribution in [2.45, 2.75) is 45.5 Å². The van der Waals surface area contributed by atoms with E-state index in [1.807, 2.05) is 0 Å². The molecule has 0 heterocycles. The summed E-state index contributed by atoms with van der Waals surface area (Å²) in [6.45, 7) is 6.69. The van der Waals surface area contributed by atoms with E-state index in [4.69, 9.17) is 4.74 Å². The largest absolute Gasteiger partial charge is 0.458 e. The first kappa shape index (κ1) is 17.8. The van der Waals surface area contributed by atoms with Crippen LogP contribution in [-0.4, -0.2) is 17.6 Å². The summed E-state index contributed by atoms with van der Waals surface area (Å²) in [5.41, 5.74) is -1.26. The monoisotopic (exact) mass is 367 g/mol. The van der Waals surface area contributed by atoms with E-state index in [-0.39, 0.29) is 5.69 Å². The average molecular weight is 368 g/mol. The highest BCUT2D eigenvalue weighted by Crippen LogP contribution is 2.34. The Kier molecular flexibility index (Phi) is 5.30. The lowest BCUT2D eigenvalue weighted by atomic mass is 10.1. The number of esters is 1. The first-order valence-corrected chi connectivity index (χ1v) is 7.05. The maximum atomic E-state index is 12.7. The molecule has 1 unspecified atom stereocenters. The van der Waals surface area contributed by atoms with Crippen molar-refractivity contribution >= 4 is 27.6 Å². The third-order valence-corrected chi connectivity index (χ3v) is 3.12. The SMILES string of the molecule is CC(Nc1cc(C(F)(F)F)ccc1Br)C(=O)OC(C)(C)C. The Balaban J connectivity index is 2.90. The van der Waals surface area contributed by atoms with Crippen LogP contribution in [0.25, 0.3) is 0 Å². The Morgan fingerprint density at radius 2 is 1.86 bits per heavy atom. The van der Waals surface area contributed by atoms with Crippen molar-refractivity contribution in [3.05, 3.63) is 28.2 Å². The molecule has 0 aliphatic carbocycles. The molecule has 0 aliphatic rings. The Bertz CT molecular complexity index is 524. The van der Waals surface area contributed by atoms with E-state index < -0.39 is 29.4 Å². The van der Waals surface area contributed by atoms with E-state index in [0.29, 0.717) is 4.47 Å². The van der Waals surface area contributed by atoms with Gasteiger partial charge >= 0.3 is 12.1 Å². The maximum Gasteiger partial charge on any atom is 0.416 e. The number of nitrogens with one attached hydrogen (secondary N) is 1. The van der Waals surface area contributed by atoms with Crippen molar-refractivity contribution in [2.75, 3.05) is 5.32 Å². The van der Waals surface area contributed by atoms with Crippen molar-refractivity contribution in [1.29, 1.82) is 0 Å². The second-order valence-electron chi connectivity index (χ2n) is 5.59. The van der Waals surface area contributed by atoms with Crippen LogP contribution in [-0.2, 0) is 15.7 Å². The summed E-state index contributed by atoms with van der Waals surface area (Å²) in [5.74, 6) is -0.535. The van der Waals surface area contributed by atoms with Gasteiger partial charge in [0.1, 0.15) is 11.6 Å². The molecular weight excluding hydrogens is 351 g/mol. The minimum Gasteiger partial charge on any atom is -0.458 e. The highest BCUT2D eigenvalue weighted by Gasteiger charge is 2.31. The summed E-state index contributed by atoms with van der Waals surface area (Å²) < 4.78 is 43.7. The number of hydrogen-bond acceptors (Lipinski definition) is 3. The molecule has 118 valence electrons. The molecule has 0 fully saturated rings. The first-order chi connectivity index (χ1) is 9.40. The number of benzene rings is 1. The highest BCUT2D eigenvalue weighted by molar-refractivity contribution is 9.10. The van der Waals surface area contributed by atoms with Crippen molar-refractivity contribution in [2.24, 2.45) is 0 Å². The summed E-state index contributed by atoms with van der Waals surface area (Å²) in [4.78, 5) is 11.8. The van der Waals surface area contributed by atoms with Gasteiger partial charge in [-0.05, 0) is 61.8 Å². The molecule has 0 saturated carbocycles. The summed E-state index contributed by atoms with van der Waals surface area (Å²) >= 11 is 3.15. The molecule has 0 amide bonds. The van der Waals surface area contributed by atoms with Crippen LogP contribution < -0.4 is 5.32 Å². The minimum absolute atomic E-state index is 0.184. The Labute approximate surface area is 130 Å². The fraction of sp³-hybridized carbons (Fsp3) is 0.500. The first-order valence-electron chi connectivity index (χ1n) is 6.26. The topological polar surface area (TPSA) is 38.3 Å². The molecule has 0 saturated heterocycles. The number of anilines is 1. The van der Waals surface area contributed by atoms with E-state index >= 15 is 0 Å². The summed E-state index contributed by atoms with van der Waals surface area (Å²) in [7, 11) is 0. The average Bonchev–Trinajstić information content (AvgIpc) is 2.28. The molecule has 3 nitrogen and oxygen atoms in total. The Morgan fingerprint density at radius 1 is 1.29 bits per heavy atom. The zero-order chi connectivity index (χ0) is 16.4. The van der Waals surface area contributed by atoms with Gasteiger partial charge in [0.2, 0.25) is 0 Å². The zero-order valence-electron chi connectivity index (χ0n) is 12.1. The molecule has 0 bridgehead atoms. The molecule has 1 atom stereocenters. The summed E-state index contributed by atoms with van der Waals surface area (Å²) in [6, 6.07) is 2.43. The number of ether oxygens (including phenoxy) is 1. The van der Waals surface area contributed by atoms with Crippen molar-refractivity contribution in [1.82, 2.24) is 0 Å². The standard InChI is InChI=1S/C14H17BrF3NO2/c1-8(12(20)21-13(2,3)4)19-11-7-9(14(16,17)18)5-6-10(11)15/h5-8,19H,1-4H3. The lowest BCUT2D eigenvalue weighted by molar-refractivity contribution is -0.155. The van der Waals surface area contributed by atoms with Crippen LogP contribution in [0.3, 0.4) is 0 Å². The van der Waals surface area contributed by atoms with Crippen LogP contribution >= 0.6 is 15.9 Å². The van der Waals surface area contributed by atoms with E-state index in [2.05, 4.69) is 21.2 Å². The van der Waals surface area contributed by atoms with E-state index in [1.54, 1.807) is 20.8 Å². The lowest BCUT2D eigenvalue weighted by Crippen LogP contribution is -2.34. The van der Waals surface area contributed by atoms with Gasteiger partial charge in [-0.3, -0.25) is 0 Å². The zero-order valence-corrected chi connectivity index (χ0v) is 13.7. The van der Waals surface area contributed by atoms with E-state index in [9.17, 15) is 18.0 Å². The number of hydrogen-bond donors (Lipinski definition) is 1. The number of rotatable bonds is 3. The smallest absolute Gasteiger partial charge is 0.416 e. The number of carbonyl (C=O) groups is 1. The molecule has 21 heavy (non-hydrogen) atoms. The normalized spacial score (nSPS) is 13.7. The highest BCUT2D eigenvalue weighted by atomic mass is 79.9. The molecule has 1 N–H and O–H groups in total. The van der Waals surface area contributed by atoms with Gasteiger partial charge in [0.25, 0.3) is 0 Å². The third-order valence-electron chi connectivity index (χ3n) is 2.43. The number of halogens is 4. The summed E-state index contributed by atoms with van der Waals surface area (Å²) in [5, 5.41) is 2.72. The van der Waals surface area contributed by atoms with E-state index in [1.165, 1.54) is 13.0 Å². The van der Waals surface area contributed by atoms with Gasteiger partial charge in [-0.15, -0.1) is 0 Å². The minimum atomic E-state index is -4.44. The van der Waals surface area contributed by atoms with Crippen LogP contribution in [0.15, 0.2) is 22.7 Å². The third kappa shape index (κ3) is 5.57. The maximum absolute atomic E-state index is 12.7. The Morgan fingerprint density at radius 3 is 2.33 bits per heavy atom. The van der Waals surface area contributed by atoms with Crippen molar-refractivity contribution < 1.29 is 22.7 Å². The molecule has 0 spiro atoms. The van der Waals surface area contributed by atoms with Gasteiger partial charge in [-0.1, -0.05) is 0 Å². The molecule has 1 aromatic carbocycles. The molecular formula is C14H17BrF3NO2. The van der Waals surface area contributed by atoms with Gasteiger partial charge in [0, 0.05) is 10.2 Å². The quantitative estimate of drug-likeness (QED) is 0.792. The lowest BCUT2D eigenvalue weighted by Gasteiger charge is -2.23. The molecule has 0 radical (unpaired) electrons. The van der Waals surface area contributed by atoms with Gasteiger partial charge in [-0.25, -0.2) is 4.79 Å². The fourth-order valence-electron chi connectivity index (χ4n) is 1.49. The molecule has 0 aliphatic heterocycles. The van der Waals surface area contributed by atoms with Crippen molar-refractivity contribution in [3.63, 3.8) is 0 Å². The van der Waals surface area contributed by atoms with Gasteiger partial charge in [0.15, 0.2) is 0 Å². The van der Waals surface area contributed by atoms with Crippen molar-refractivity contribution in [3.8, 4) is 0 Å². The second kappa shape index (κ2) is 6.25. The molecule has 0 aromatic heterocycles. The van der Waals surface area contributed by atoms with Crippen LogP contribution in [0, 0.1) is 0 Å². The van der Waals surface area contributed by atoms with Gasteiger partial charge in [-0.2, -0.15) is 13.2 Å². The summed E-state index contributed by atoms with van der Waals surface area (Å²) in [6.07, 6.45) is -4.44. The predicted octanol–water partition coefficient (Wildman–Crippen LogP) is 4.61. The Hall–Kier alpha value is -1.24. The number of carbonyl (C=O) groups excluding carboxylic acids is 1. The second-order valence-corrected chi connectivity index (χ2v) is 6.45. The van der Waals surface area contributed by atoms with Crippen LogP contribution in [0.4, 0.5) is 18.9 Å². The van der Waals surface area contributed by atoms with Gasteiger partial charge in [0.05, 0.1) is 5.56 Å². The number of alkyl halides is 3. The van der Waals surface area contributed by atoms with Crippen LogP contribution in [0.2, 0.25) is 0 Å². The van der Waals surface area contributed by atoms with Crippen LogP contribution in [0.5, 0.6) is 0 Å². The molecule has 1 rings (SSSR count). The van der Waals surface area contributed by atoms with E-state index in [0.717, 1.165) is 12.1 Å². The van der Waals surface area contributed by atoms with Crippen LogP contribution in [0.1, 0.15) is 33.3 Å². The fourth-order valence-corrected chi connectivity index (χ4v) is 1.86. The molecule has 7 heteroatoms. The predicted molar refractivity (Wildman–Crippen MR) is 78.1 cm³/mol. The van der Waals surface area contributed by atoms with Gasteiger partial charge < -0.3 is 10.1 Å².